The summed E-state index contributed by atoms with van der Waals surface area (Å²) >= 11 is 0. The van der Waals surface area contributed by atoms with Crippen molar-refractivity contribution in [2.45, 2.75) is 65.3 Å². The number of nitrogens with zero attached hydrogens (tertiary/aromatic N) is 1. The molecule has 1 aliphatic carbocycles. The molecule has 4 aromatic rings. The third-order valence-electron chi connectivity index (χ3n) is 7.47. The highest BCUT2D eigenvalue weighted by molar-refractivity contribution is 5.92. The van der Waals surface area contributed by atoms with Crippen LogP contribution in [0.5, 0.6) is 0 Å². The average molecular weight is 460 g/mol. The first-order chi connectivity index (χ1) is 16.6. The Hall–Kier alpha value is -3.32. The Morgan fingerprint density at radius 2 is 1.26 bits per heavy atom. The predicted octanol–water partition coefficient (Wildman–Crippen LogP) is 9.72. The van der Waals surface area contributed by atoms with Gasteiger partial charge in [-0.3, -0.25) is 0 Å². The Morgan fingerprint density at radius 1 is 0.657 bits per heavy atom. The summed E-state index contributed by atoms with van der Waals surface area (Å²) in [7, 11) is 0. The van der Waals surface area contributed by atoms with Crippen LogP contribution in [0.2, 0.25) is 0 Å². The molecule has 1 heteroatoms. The van der Waals surface area contributed by atoms with Gasteiger partial charge in [-0.25, -0.2) is 0 Å². The molecular formula is C34H37N. The van der Waals surface area contributed by atoms with Gasteiger partial charge in [-0.1, -0.05) is 113 Å². The number of rotatable bonds is 4. The Bertz CT molecular complexity index is 1370. The van der Waals surface area contributed by atoms with E-state index in [9.17, 15) is 0 Å². The average Bonchev–Trinajstić information content (AvgIpc) is 3.06. The lowest BCUT2D eigenvalue weighted by atomic mass is 9.78. The van der Waals surface area contributed by atoms with Crippen LogP contribution in [-0.2, 0) is 5.41 Å². The molecule has 0 aliphatic heterocycles. The molecule has 1 aliphatic rings. The minimum Gasteiger partial charge on any atom is -0.335 e. The molecule has 4 aromatic carbocycles. The molecule has 178 valence electrons. The van der Waals surface area contributed by atoms with E-state index in [2.05, 4.69) is 144 Å². The molecule has 0 N–H and O–H groups in total. The number of hydrogen-bond acceptors (Lipinski definition) is 1. The van der Waals surface area contributed by atoms with Crippen molar-refractivity contribution in [2.75, 3.05) is 4.90 Å². The summed E-state index contributed by atoms with van der Waals surface area (Å²) in [5.41, 5.74) is 11.9. The summed E-state index contributed by atoms with van der Waals surface area (Å²) in [6, 6.07) is 33.4. The van der Waals surface area contributed by atoms with Crippen LogP contribution in [0.15, 0.2) is 91.0 Å². The van der Waals surface area contributed by atoms with Gasteiger partial charge in [-0.2, -0.15) is 0 Å². The third kappa shape index (κ3) is 3.78. The molecule has 0 heterocycles. The molecule has 5 rings (SSSR count). The number of benzene rings is 4. The lowest BCUT2D eigenvalue weighted by Gasteiger charge is -2.43. The van der Waals surface area contributed by atoms with Crippen molar-refractivity contribution in [1.82, 2.24) is 0 Å². The zero-order chi connectivity index (χ0) is 25.0. The summed E-state index contributed by atoms with van der Waals surface area (Å²) in [4.78, 5) is 2.62. The molecule has 0 atom stereocenters. The highest BCUT2D eigenvalue weighted by atomic mass is 15.2. The van der Waals surface area contributed by atoms with Crippen LogP contribution >= 0.6 is 0 Å². The van der Waals surface area contributed by atoms with Crippen LogP contribution in [-0.4, -0.2) is 5.54 Å². The molecule has 0 fully saturated rings. The minimum atomic E-state index is -0.130. The monoisotopic (exact) mass is 459 g/mol. The highest BCUT2D eigenvalue weighted by Crippen LogP contribution is 2.56. The molecule has 0 amide bonds. The summed E-state index contributed by atoms with van der Waals surface area (Å²) in [6.07, 6.45) is 0. The van der Waals surface area contributed by atoms with Crippen LogP contribution in [0.1, 0.15) is 71.1 Å². The minimum absolute atomic E-state index is 0.0860. The van der Waals surface area contributed by atoms with Crippen LogP contribution in [0.3, 0.4) is 0 Å². The van der Waals surface area contributed by atoms with E-state index in [0.717, 1.165) is 0 Å². The van der Waals surface area contributed by atoms with Crippen LogP contribution in [0.4, 0.5) is 11.4 Å². The number of anilines is 2. The lowest BCUT2D eigenvalue weighted by molar-refractivity contribution is 0.550. The maximum atomic E-state index is 2.62. The third-order valence-corrected chi connectivity index (χ3v) is 7.47. The zero-order valence-corrected chi connectivity index (χ0v) is 22.2. The molecular weight excluding hydrogens is 422 g/mol. The fourth-order valence-electron chi connectivity index (χ4n) is 5.92. The van der Waals surface area contributed by atoms with E-state index in [1.807, 2.05) is 0 Å². The van der Waals surface area contributed by atoms with Crippen molar-refractivity contribution in [3.05, 3.63) is 108 Å². The smallest absolute Gasteiger partial charge is 0.0498 e. The Balaban J connectivity index is 1.87. The molecule has 0 aromatic heterocycles. The van der Waals surface area contributed by atoms with Crippen LogP contribution < -0.4 is 4.90 Å². The number of para-hydroxylation sites is 1. The molecule has 0 saturated heterocycles. The van der Waals surface area contributed by atoms with Gasteiger partial charge < -0.3 is 4.90 Å². The van der Waals surface area contributed by atoms with E-state index in [1.54, 1.807) is 0 Å². The topological polar surface area (TPSA) is 3.24 Å². The zero-order valence-electron chi connectivity index (χ0n) is 22.2. The molecule has 0 bridgehead atoms. The van der Waals surface area contributed by atoms with E-state index in [-0.39, 0.29) is 11.0 Å². The van der Waals surface area contributed by atoms with E-state index < -0.39 is 0 Å². The van der Waals surface area contributed by atoms with Crippen molar-refractivity contribution < 1.29 is 0 Å². The Kier molecular flexibility index (Phi) is 5.63. The van der Waals surface area contributed by atoms with Crippen molar-refractivity contribution >= 4 is 11.4 Å². The quantitative estimate of drug-likeness (QED) is 0.293. The largest absolute Gasteiger partial charge is 0.335 e. The fourth-order valence-corrected chi connectivity index (χ4v) is 5.92. The molecule has 1 nitrogen and oxygen atoms in total. The van der Waals surface area contributed by atoms with Gasteiger partial charge in [0.2, 0.25) is 0 Å². The van der Waals surface area contributed by atoms with Crippen molar-refractivity contribution in [1.29, 1.82) is 0 Å². The standard InChI is InChI=1S/C34H37N/c1-23(2)25-21-22-28-27-18-11-13-19-29(27)34(6,7)31(28)32(25)35(33(3,4)5)30-20-14-12-17-26(30)24-15-9-8-10-16-24/h8-23H,1-7H3. The first-order valence-electron chi connectivity index (χ1n) is 12.8. The van der Waals surface area contributed by atoms with Gasteiger partial charge in [-0.15, -0.1) is 0 Å². The van der Waals surface area contributed by atoms with Gasteiger partial charge >= 0.3 is 0 Å². The second-order valence-electron chi connectivity index (χ2n) is 11.6. The molecule has 35 heavy (non-hydrogen) atoms. The van der Waals surface area contributed by atoms with E-state index >= 15 is 0 Å². The van der Waals surface area contributed by atoms with E-state index in [1.165, 1.54) is 50.3 Å². The SMILES string of the molecule is CC(C)c1ccc2c(c1N(c1ccccc1-c1ccccc1)C(C)(C)C)C(C)(C)c1ccccc1-2. The molecule has 0 saturated carbocycles. The lowest BCUT2D eigenvalue weighted by Crippen LogP contribution is -2.40. The summed E-state index contributed by atoms with van der Waals surface area (Å²) in [5.74, 6) is 0.406. The first-order valence-corrected chi connectivity index (χ1v) is 12.8. The van der Waals surface area contributed by atoms with Gasteiger partial charge in [0.15, 0.2) is 0 Å². The normalized spacial score (nSPS) is 14.1. The van der Waals surface area contributed by atoms with Gasteiger partial charge in [-0.05, 0) is 66.1 Å². The second kappa shape index (κ2) is 8.41. The van der Waals surface area contributed by atoms with Gasteiger partial charge in [0.05, 0.1) is 0 Å². The van der Waals surface area contributed by atoms with Gasteiger partial charge in [0.25, 0.3) is 0 Å². The molecule has 0 spiro atoms. The molecule has 0 unspecified atom stereocenters. The van der Waals surface area contributed by atoms with Gasteiger partial charge in [0.1, 0.15) is 0 Å². The van der Waals surface area contributed by atoms with Gasteiger partial charge in [0, 0.05) is 27.9 Å². The summed E-state index contributed by atoms with van der Waals surface area (Å²) in [5, 5.41) is 0. The summed E-state index contributed by atoms with van der Waals surface area (Å²) < 4.78 is 0. The fraction of sp³-hybridized carbons (Fsp3) is 0.294. The van der Waals surface area contributed by atoms with E-state index in [4.69, 9.17) is 0 Å². The summed E-state index contributed by atoms with van der Waals surface area (Å²) in [6.45, 7) is 16.5. The van der Waals surface area contributed by atoms with Crippen molar-refractivity contribution in [3.63, 3.8) is 0 Å². The van der Waals surface area contributed by atoms with Crippen LogP contribution in [0.25, 0.3) is 22.3 Å². The number of hydrogen-bond donors (Lipinski definition) is 0. The Morgan fingerprint density at radius 3 is 1.91 bits per heavy atom. The maximum absolute atomic E-state index is 2.62. The highest BCUT2D eigenvalue weighted by Gasteiger charge is 2.41. The van der Waals surface area contributed by atoms with Crippen LogP contribution in [0, 0.1) is 0 Å². The predicted molar refractivity (Wildman–Crippen MR) is 152 cm³/mol. The molecule has 0 radical (unpaired) electrons. The van der Waals surface area contributed by atoms with Crippen molar-refractivity contribution in [3.8, 4) is 22.3 Å². The number of fused-ring (bicyclic) bond motifs is 3. The first kappa shape index (κ1) is 23.4. The second-order valence-corrected chi connectivity index (χ2v) is 11.6. The van der Waals surface area contributed by atoms with Crippen molar-refractivity contribution in [2.24, 2.45) is 0 Å². The maximum Gasteiger partial charge on any atom is 0.0498 e. The Labute approximate surface area is 211 Å². The van der Waals surface area contributed by atoms with E-state index in [0.29, 0.717) is 5.92 Å².